The Hall–Kier alpha value is -4.47. The molecule has 0 aliphatic heterocycles. The van der Waals surface area contributed by atoms with Gasteiger partial charge >= 0.3 is 0 Å². The summed E-state index contributed by atoms with van der Waals surface area (Å²) in [7, 11) is 0. The van der Waals surface area contributed by atoms with Gasteiger partial charge in [-0.2, -0.15) is 0 Å². The quantitative estimate of drug-likeness (QED) is 0.238. The van der Waals surface area contributed by atoms with Crippen molar-refractivity contribution in [3.63, 3.8) is 0 Å². The van der Waals surface area contributed by atoms with Crippen molar-refractivity contribution in [3.8, 4) is 0 Å². The monoisotopic (exact) mass is 561 g/mol. The number of carbonyl (C=O) groups is 4. The highest BCUT2D eigenvalue weighted by molar-refractivity contribution is 5.98. The summed E-state index contributed by atoms with van der Waals surface area (Å²) in [4.78, 5) is 52.2. The predicted molar refractivity (Wildman–Crippen MR) is 155 cm³/mol. The van der Waals surface area contributed by atoms with E-state index in [1.54, 1.807) is 6.92 Å². The molecule has 1 heterocycles. The van der Waals surface area contributed by atoms with E-state index >= 15 is 0 Å². The lowest BCUT2D eigenvalue weighted by molar-refractivity contribution is -0.131. The Kier molecular flexibility index (Phi) is 11.6. The number of hydrogen-bond acceptors (Lipinski definition) is 6. The second-order valence-electron chi connectivity index (χ2n) is 10.5. The highest BCUT2D eigenvalue weighted by Gasteiger charge is 2.29. The van der Waals surface area contributed by atoms with Gasteiger partial charge in [-0.05, 0) is 43.7 Å². The van der Waals surface area contributed by atoms with E-state index in [2.05, 4.69) is 26.4 Å². The van der Waals surface area contributed by atoms with E-state index in [-0.39, 0.29) is 23.9 Å². The van der Waals surface area contributed by atoms with Crippen molar-refractivity contribution in [1.82, 2.24) is 26.4 Å². The van der Waals surface area contributed by atoms with Crippen LogP contribution in [0.25, 0.3) is 0 Å². The second-order valence-corrected chi connectivity index (χ2v) is 10.5. The number of aryl methyl sites for hydroxylation is 3. The molecule has 10 heteroatoms. The molecule has 0 fully saturated rings. The second kappa shape index (κ2) is 15.4. The Bertz CT molecular complexity index is 1300. The summed E-state index contributed by atoms with van der Waals surface area (Å²) < 4.78 is 4.97. The predicted octanol–water partition coefficient (Wildman–Crippen LogP) is 2.99. The van der Waals surface area contributed by atoms with Gasteiger partial charge in [-0.1, -0.05) is 79.2 Å². The van der Waals surface area contributed by atoms with Crippen LogP contribution in [0.15, 0.2) is 65.2 Å². The molecular formula is C31H39N5O5. The smallest absolute Gasteiger partial charge is 0.274 e. The third kappa shape index (κ3) is 10.6. The Morgan fingerprint density at radius 2 is 1.54 bits per heavy atom. The van der Waals surface area contributed by atoms with Gasteiger partial charge in [-0.3, -0.25) is 19.2 Å². The summed E-state index contributed by atoms with van der Waals surface area (Å²) in [5, 5.41) is 14.7. The molecule has 3 rings (SSSR count). The number of rotatable bonds is 14. The highest BCUT2D eigenvalue weighted by Crippen LogP contribution is 2.09. The SMILES string of the molecule is Cc1ccc(CNC(=O)[C@H](CCc2ccccc2)NC(=O)[C@H](CC(=O)NCC(C)C)NC(=O)c2cc(C)on2)cc1. The van der Waals surface area contributed by atoms with Gasteiger partial charge in [0.15, 0.2) is 5.69 Å². The van der Waals surface area contributed by atoms with Gasteiger partial charge in [0, 0.05) is 19.2 Å². The normalized spacial score (nSPS) is 12.3. The minimum Gasteiger partial charge on any atom is -0.361 e. The summed E-state index contributed by atoms with van der Waals surface area (Å²) in [5.41, 5.74) is 3.03. The minimum atomic E-state index is -1.24. The standard InChI is InChI=1S/C31H39N5O5/c1-20(2)18-32-28(37)17-26(35-31(40)27-16-22(4)41-36-27)30(39)34-25(15-14-23-8-6-5-7-9-23)29(38)33-19-24-12-10-21(3)11-13-24/h5-13,16,20,25-26H,14-15,17-19H2,1-4H3,(H,32,37)(H,33,38)(H,34,39)(H,35,40)/t25-,26-/m0/s1. The lowest BCUT2D eigenvalue weighted by Gasteiger charge is -2.23. The lowest BCUT2D eigenvalue weighted by atomic mass is 10.0. The molecule has 0 aliphatic rings. The van der Waals surface area contributed by atoms with Crippen LogP contribution in [0.3, 0.4) is 0 Å². The van der Waals surface area contributed by atoms with Gasteiger partial charge in [0.2, 0.25) is 17.7 Å². The van der Waals surface area contributed by atoms with Crippen molar-refractivity contribution in [2.75, 3.05) is 6.54 Å². The van der Waals surface area contributed by atoms with Crippen LogP contribution < -0.4 is 21.3 Å². The summed E-state index contributed by atoms with van der Waals surface area (Å²) in [6.45, 7) is 8.24. The Labute approximate surface area is 240 Å². The molecule has 1 aromatic heterocycles. The van der Waals surface area contributed by atoms with Crippen molar-refractivity contribution in [3.05, 3.63) is 88.8 Å². The molecular weight excluding hydrogens is 522 g/mol. The maximum absolute atomic E-state index is 13.5. The van der Waals surface area contributed by atoms with E-state index in [0.29, 0.717) is 31.7 Å². The van der Waals surface area contributed by atoms with Crippen LogP contribution in [0.5, 0.6) is 0 Å². The van der Waals surface area contributed by atoms with Crippen LogP contribution >= 0.6 is 0 Å². The van der Waals surface area contributed by atoms with Crippen molar-refractivity contribution in [2.45, 2.75) is 65.6 Å². The van der Waals surface area contributed by atoms with Crippen molar-refractivity contribution < 1.29 is 23.7 Å². The molecule has 0 aliphatic carbocycles. The lowest BCUT2D eigenvalue weighted by Crippen LogP contribution is -2.55. The summed E-state index contributed by atoms with van der Waals surface area (Å²) in [6, 6.07) is 16.7. The zero-order chi connectivity index (χ0) is 29.8. The Morgan fingerprint density at radius 3 is 2.17 bits per heavy atom. The molecule has 0 radical (unpaired) electrons. The zero-order valence-electron chi connectivity index (χ0n) is 24.0. The highest BCUT2D eigenvalue weighted by atomic mass is 16.5. The summed E-state index contributed by atoms with van der Waals surface area (Å²) >= 11 is 0. The molecule has 2 atom stereocenters. The fraction of sp³-hybridized carbons (Fsp3) is 0.387. The number of nitrogens with zero attached hydrogens (tertiary/aromatic N) is 1. The van der Waals surface area contributed by atoms with E-state index in [9.17, 15) is 19.2 Å². The first-order valence-electron chi connectivity index (χ1n) is 13.8. The molecule has 41 heavy (non-hydrogen) atoms. The average molecular weight is 562 g/mol. The molecule has 218 valence electrons. The third-order valence-corrected chi connectivity index (χ3v) is 6.36. The molecule has 0 unspecified atom stereocenters. The molecule has 0 saturated carbocycles. The molecule has 10 nitrogen and oxygen atoms in total. The van der Waals surface area contributed by atoms with Crippen LogP contribution in [0.2, 0.25) is 0 Å². The largest absolute Gasteiger partial charge is 0.361 e. The van der Waals surface area contributed by atoms with Crippen LogP contribution in [-0.2, 0) is 27.3 Å². The van der Waals surface area contributed by atoms with Crippen molar-refractivity contribution in [2.24, 2.45) is 5.92 Å². The van der Waals surface area contributed by atoms with Gasteiger partial charge < -0.3 is 25.8 Å². The molecule has 3 aromatic rings. The fourth-order valence-corrected chi connectivity index (χ4v) is 4.01. The van der Waals surface area contributed by atoms with Gasteiger partial charge in [0.25, 0.3) is 5.91 Å². The van der Waals surface area contributed by atoms with Gasteiger partial charge in [0.05, 0.1) is 6.42 Å². The Morgan fingerprint density at radius 1 is 0.829 bits per heavy atom. The molecule has 4 amide bonds. The number of hydrogen-bond donors (Lipinski definition) is 4. The van der Waals surface area contributed by atoms with Crippen LogP contribution in [0.1, 0.15) is 59.6 Å². The summed E-state index contributed by atoms with van der Waals surface area (Å²) in [6.07, 6.45) is 0.545. The number of nitrogens with one attached hydrogen (secondary N) is 4. The van der Waals surface area contributed by atoms with E-state index in [0.717, 1.165) is 16.7 Å². The number of amides is 4. The fourth-order valence-electron chi connectivity index (χ4n) is 4.01. The third-order valence-electron chi connectivity index (χ3n) is 6.36. The van der Waals surface area contributed by atoms with Crippen molar-refractivity contribution in [1.29, 1.82) is 0 Å². The van der Waals surface area contributed by atoms with Crippen LogP contribution in [0.4, 0.5) is 0 Å². The first kappa shape index (κ1) is 31.1. The van der Waals surface area contributed by atoms with Gasteiger partial charge in [-0.25, -0.2) is 0 Å². The molecule has 2 aromatic carbocycles. The van der Waals surface area contributed by atoms with Gasteiger partial charge in [-0.15, -0.1) is 0 Å². The minimum absolute atomic E-state index is 0.0145. The molecule has 0 saturated heterocycles. The maximum atomic E-state index is 13.5. The first-order chi connectivity index (χ1) is 19.6. The Balaban J connectivity index is 1.75. The number of aromatic nitrogens is 1. The number of carbonyl (C=O) groups excluding carboxylic acids is 4. The van der Waals surface area contributed by atoms with Crippen LogP contribution in [0, 0.1) is 19.8 Å². The van der Waals surface area contributed by atoms with Crippen LogP contribution in [-0.4, -0.2) is 47.4 Å². The number of benzene rings is 2. The summed E-state index contributed by atoms with van der Waals surface area (Å²) in [5.74, 6) is -1.45. The maximum Gasteiger partial charge on any atom is 0.274 e. The zero-order valence-corrected chi connectivity index (χ0v) is 24.0. The van der Waals surface area contributed by atoms with E-state index in [1.165, 1.54) is 6.07 Å². The van der Waals surface area contributed by atoms with E-state index in [1.807, 2.05) is 75.4 Å². The average Bonchev–Trinajstić information content (AvgIpc) is 3.40. The van der Waals surface area contributed by atoms with E-state index < -0.39 is 29.8 Å². The van der Waals surface area contributed by atoms with Crippen molar-refractivity contribution >= 4 is 23.6 Å². The van der Waals surface area contributed by atoms with Gasteiger partial charge in [0.1, 0.15) is 17.8 Å². The first-order valence-corrected chi connectivity index (χ1v) is 13.8. The molecule has 0 spiro atoms. The van der Waals surface area contributed by atoms with E-state index in [4.69, 9.17) is 4.52 Å². The topological polar surface area (TPSA) is 142 Å². The molecule has 4 N–H and O–H groups in total. The molecule has 0 bridgehead atoms.